The molecule has 15 heteroatoms. The number of nitrogens with two attached hydrogens (primary N) is 1. The Kier molecular flexibility index (Phi) is 7.88. The zero-order chi connectivity index (χ0) is 31.3. The number of aromatic nitrogens is 3. The lowest BCUT2D eigenvalue weighted by Gasteiger charge is -2.35. The third kappa shape index (κ3) is 6.16. The molecule has 0 bridgehead atoms. The first kappa shape index (κ1) is 30.7. The van der Waals surface area contributed by atoms with Gasteiger partial charge in [0.05, 0.1) is 33.9 Å². The van der Waals surface area contributed by atoms with E-state index in [0.29, 0.717) is 37.4 Å². The number of alkyl halides is 5. The van der Waals surface area contributed by atoms with Gasteiger partial charge in [0.1, 0.15) is 18.2 Å². The van der Waals surface area contributed by atoms with Crippen molar-refractivity contribution >= 4 is 40.0 Å². The fourth-order valence-corrected chi connectivity index (χ4v) is 5.70. The number of halogens is 6. The minimum Gasteiger partial charge on any atom is -0.461 e. The highest BCUT2D eigenvalue weighted by atomic mass is 35.5. The first-order chi connectivity index (χ1) is 20.1. The maximum Gasteiger partial charge on any atom is 0.418 e. The van der Waals surface area contributed by atoms with E-state index in [1.54, 1.807) is 18.9 Å². The summed E-state index contributed by atoms with van der Waals surface area (Å²) in [5.41, 5.74) is 3.34. The quantitative estimate of drug-likeness (QED) is 0.305. The predicted octanol–water partition coefficient (Wildman–Crippen LogP) is 4.89. The Morgan fingerprint density at radius 2 is 1.86 bits per heavy atom. The normalized spacial score (nSPS) is 20.9. The fraction of sp³-hybridized carbons (Fsp3) is 0.429. The van der Waals surface area contributed by atoms with E-state index in [1.165, 1.54) is 23.1 Å². The minimum atomic E-state index is -4.74. The second-order valence-electron chi connectivity index (χ2n) is 11.0. The minimum absolute atomic E-state index is 0.0441. The maximum atomic E-state index is 14.2. The third-order valence-electron chi connectivity index (χ3n) is 7.83. The molecular weight excluding hydrogens is 597 g/mol. The van der Waals surface area contributed by atoms with Crippen LogP contribution < -0.4 is 15.4 Å². The highest BCUT2D eigenvalue weighted by Gasteiger charge is 2.51. The molecule has 2 saturated heterocycles. The summed E-state index contributed by atoms with van der Waals surface area (Å²) in [7, 11) is 1.58. The molecule has 4 heterocycles. The second-order valence-corrected chi connectivity index (χ2v) is 11.4. The number of rotatable bonds is 6. The lowest BCUT2D eigenvalue weighted by Crippen LogP contribution is -2.48. The molecule has 1 amide bonds. The molecule has 0 aliphatic carbocycles. The first-order valence-electron chi connectivity index (χ1n) is 13.3. The molecule has 230 valence electrons. The van der Waals surface area contributed by atoms with Crippen LogP contribution in [0.1, 0.15) is 18.9 Å². The van der Waals surface area contributed by atoms with Crippen molar-refractivity contribution in [2.24, 2.45) is 0 Å². The van der Waals surface area contributed by atoms with Gasteiger partial charge in [0.15, 0.2) is 0 Å². The first-order valence-corrected chi connectivity index (χ1v) is 13.7. The number of ether oxygens (including phenoxy) is 1. The zero-order valence-electron chi connectivity index (χ0n) is 23.4. The Labute approximate surface area is 249 Å². The molecule has 0 saturated carbocycles. The van der Waals surface area contributed by atoms with Crippen molar-refractivity contribution in [3.8, 4) is 17.3 Å². The maximum absolute atomic E-state index is 14.2. The van der Waals surface area contributed by atoms with Gasteiger partial charge >= 0.3 is 12.2 Å². The molecule has 0 radical (unpaired) electrons. The number of piperazine rings is 1. The number of nitrogens with zero attached hydrogens (tertiary/aromatic N) is 6. The number of likely N-dealkylation sites (tertiary alicyclic amines) is 1. The molecule has 2 aliphatic heterocycles. The number of fused-ring (bicyclic) bond motifs is 1. The number of pyridine rings is 1. The number of hydrogen-bond acceptors (Lipinski definition) is 8. The summed E-state index contributed by atoms with van der Waals surface area (Å²) in [5, 5.41) is 0.371. The highest BCUT2D eigenvalue weighted by molar-refractivity contribution is 6.34. The smallest absolute Gasteiger partial charge is 0.418 e. The van der Waals surface area contributed by atoms with Crippen molar-refractivity contribution in [3.05, 3.63) is 47.5 Å². The number of carbonyl (C=O) groups is 1. The van der Waals surface area contributed by atoms with E-state index in [0.717, 1.165) is 12.1 Å². The van der Waals surface area contributed by atoms with Crippen molar-refractivity contribution in [2.75, 3.05) is 57.0 Å². The Morgan fingerprint density at radius 3 is 2.47 bits per heavy atom. The standard InChI is InChI=1S/C28H29ClF5N7O2/c1-4-22(42)40-7-9-41(10-8-40)24-17-11-19(29)16(23-18(28(32,33)34)5-6-21(35)37-23)12-20(17)36-25(38-24)43-15-26(2)13-27(30,31)14-39(26)3/h4-6,11-12H,1,7-10,13-15H2,2-3H3,(H2,35,37). The van der Waals surface area contributed by atoms with Crippen LogP contribution in [0.5, 0.6) is 6.01 Å². The lowest BCUT2D eigenvalue weighted by atomic mass is 9.99. The van der Waals surface area contributed by atoms with Crippen molar-refractivity contribution < 1.29 is 31.5 Å². The molecule has 5 rings (SSSR count). The monoisotopic (exact) mass is 625 g/mol. The molecule has 1 atom stereocenters. The Morgan fingerprint density at radius 1 is 1.16 bits per heavy atom. The Balaban J connectivity index is 1.59. The molecule has 43 heavy (non-hydrogen) atoms. The van der Waals surface area contributed by atoms with E-state index in [9.17, 15) is 26.7 Å². The van der Waals surface area contributed by atoms with Crippen LogP contribution >= 0.6 is 11.6 Å². The van der Waals surface area contributed by atoms with E-state index in [-0.39, 0.29) is 40.4 Å². The van der Waals surface area contributed by atoms with Crippen LogP contribution in [0, 0.1) is 0 Å². The summed E-state index contributed by atoms with van der Waals surface area (Å²) >= 11 is 6.56. The molecule has 2 N–H and O–H groups in total. The van der Waals surface area contributed by atoms with Gasteiger partial charge in [0.2, 0.25) is 5.91 Å². The van der Waals surface area contributed by atoms with Gasteiger partial charge in [0, 0.05) is 43.5 Å². The Hall–Kier alpha value is -3.78. The van der Waals surface area contributed by atoms with Crippen LogP contribution in [0.25, 0.3) is 22.2 Å². The number of likely N-dealkylation sites (N-methyl/N-ethyl adjacent to an activating group) is 1. The molecule has 9 nitrogen and oxygen atoms in total. The van der Waals surface area contributed by atoms with Gasteiger partial charge in [-0.1, -0.05) is 18.2 Å². The lowest BCUT2D eigenvalue weighted by molar-refractivity contribution is -0.137. The topological polar surface area (TPSA) is 101 Å². The van der Waals surface area contributed by atoms with Crippen molar-refractivity contribution in [2.45, 2.75) is 31.0 Å². The van der Waals surface area contributed by atoms with Gasteiger partial charge in [-0.05, 0) is 44.3 Å². The number of anilines is 2. The average Bonchev–Trinajstić information content (AvgIpc) is 3.16. The summed E-state index contributed by atoms with van der Waals surface area (Å²) in [4.78, 5) is 30.0. The highest BCUT2D eigenvalue weighted by Crippen LogP contribution is 2.42. The van der Waals surface area contributed by atoms with Crippen LogP contribution in [0.2, 0.25) is 5.02 Å². The molecule has 0 spiro atoms. The summed E-state index contributed by atoms with van der Waals surface area (Å²) in [5.74, 6) is -2.88. The fourth-order valence-electron chi connectivity index (χ4n) is 5.44. The van der Waals surface area contributed by atoms with E-state index in [4.69, 9.17) is 22.1 Å². The van der Waals surface area contributed by atoms with Crippen LogP contribution in [-0.2, 0) is 11.0 Å². The van der Waals surface area contributed by atoms with E-state index in [2.05, 4.69) is 21.5 Å². The SMILES string of the molecule is C=CC(=O)N1CCN(c2nc(OCC3(C)CC(F)(F)CN3C)nc3cc(-c4nc(N)ccc4C(F)(F)F)c(Cl)cc23)CC1. The van der Waals surface area contributed by atoms with Crippen LogP contribution in [0.3, 0.4) is 0 Å². The third-order valence-corrected chi connectivity index (χ3v) is 8.14. The van der Waals surface area contributed by atoms with E-state index < -0.39 is 41.9 Å². The van der Waals surface area contributed by atoms with Gasteiger partial charge in [-0.3, -0.25) is 9.69 Å². The predicted molar refractivity (Wildman–Crippen MR) is 152 cm³/mol. The number of nitrogen functional groups attached to an aromatic ring is 1. The second kappa shape index (κ2) is 11.1. The molecular formula is C28H29ClF5N7O2. The summed E-state index contributed by atoms with van der Waals surface area (Å²) in [6.07, 6.45) is -3.95. The summed E-state index contributed by atoms with van der Waals surface area (Å²) in [6.45, 7) is 6.02. The molecule has 2 aliphatic rings. The van der Waals surface area contributed by atoms with E-state index in [1.807, 2.05) is 4.90 Å². The van der Waals surface area contributed by atoms with Gasteiger partial charge in [-0.15, -0.1) is 0 Å². The largest absolute Gasteiger partial charge is 0.461 e. The molecule has 2 fully saturated rings. The van der Waals surface area contributed by atoms with Gasteiger partial charge in [-0.25, -0.2) is 13.8 Å². The number of benzene rings is 1. The van der Waals surface area contributed by atoms with Crippen LogP contribution in [0.4, 0.5) is 33.6 Å². The van der Waals surface area contributed by atoms with Crippen LogP contribution in [0.15, 0.2) is 36.9 Å². The zero-order valence-corrected chi connectivity index (χ0v) is 24.1. The van der Waals surface area contributed by atoms with Crippen molar-refractivity contribution in [3.63, 3.8) is 0 Å². The summed E-state index contributed by atoms with van der Waals surface area (Å²) in [6, 6.07) is 4.53. The van der Waals surface area contributed by atoms with Crippen molar-refractivity contribution in [1.29, 1.82) is 0 Å². The van der Waals surface area contributed by atoms with Crippen molar-refractivity contribution in [1.82, 2.24) is 24.8 Å². The van der Waals surface area contributed by atoms with E-state index >= 15 is 0 Å². The molecule has 2 aromatic heterocycles. The van der Waals surface area contributed by atoms with Crippen LogP contribution in [-0.4, -0.2) is 88.5 Å². The molecule has 3 aromatic rings. The Bertz CT molecular complexity index is 1580. The van der Waals surface area contributed by atoms with Gasteiger partial charge in [0.25, 0.3) is 5.92 Å². The molecule has 1 unspecified atom stereocenters. The number of amides is 1. The average molecular weight is 626 g/mol. The summed E-state index contributed by atoms with van der Waals surface area (Å²) < 4.78 is 75.9. The number of carbonyl (C=O) groups excluding carboxylic acids is 1. The van der Waals surface area contributed by atoms with Gasteiger partial charge < -0.3 is 20.3 Å². The molecule has 1 aromatic carbocycles. The van der Waals surface area contributed by atoms with Gasteiger partial charge in [-0.2, -0.15) is 23.1 Å². The number of hydrogen-bond donors (Lipinski definition) is 1.